The number of methoxy groups -OCH3 is 2. The molecule has 0 saturated carbocycles. The highest BCUT2D eigenvalue weighted by Gasteiger charge is 2.17. The van der Waals surface area contributed by atoms with Gasteiger partial charge in [0.25, 0.3) is 0 Å². The molecule has 0 radical (unpaired) electrons. The lowest BCUT2D eigenvalue weighted by Gasteiger charge is -2.15. The maximum Gasteiger partial charge on any atom is 0.244 e. The van der Waals surface area contributed by atoms with Gasteiger partial charge in [-0.1, -0.05) is 17.7 Å². The third-order valence-corrected chi connectivity index (χ3v) is 5.39. The molecule has 0 aromatic heterocycles. The zero-order valence-corrected chi connectivity index (χ0v) is 19.9. The number of amides is 1. The zero-order chi connectivity index (χ0) is 23.6. The summed E-state index contributed by atoms with van der Waals surface area (Å²) in [7, 11) is 3.13. The van der Waals surface area contributed by atoms with E-state index in [-0.39, 0.29) is 12.0 Å². The van der Waals surface area contributed by atoms with E-state index in [0.29, 0.717) is 47.8 Å². The standard InChI is InChI=1S/C25H30ClNO6/c1-4-31-23-13-17(12-20(26)25(23)30-3)8-10-24(28)27-15-18-7-9-21(22(14-18)29-2)33-16-19-6-5-11-32-19/h7-10,12-14,19H,4-6,11,15-16H2,1-3H3,(H,27,28). The molecule has 1 saturated heterocycles. The summed E-state index contributed by atoms with van der Waals surface area (Å²) in [6.07, 6.45) is 5.33. The molecule has 0 spiro atoms. The average Bonchev–Trinajstić information content (AvgIpc) is 3.34. The third-order valence-electron chi connectivity index (χ3n) is 5.11. The van der Waals surface area contributed by atoms with Crippen LogP contribution >= 0.6 is 11.6 Å². The van der Waals surface area contributed by atoms with Gasteiger partial charge in [0.2, 0.25) is 5.91 Å². The fourth-order valence-corrected chi connectivity index (χ4v) is 3.76. The highest BCUT2D eigenvalue weighted by atomic mass is 35.5. The lowest BCUT2D eigenvalue weighted by atomic mass is 10.1. The van der Waals surface area contributed by atoms with E-state index in [1.165, 1.54) is 13.2 Å². The maximum absolute atomic E-state index is 12.3. The number of ether oxygens (including phenoxy) is 5. The van der Waals surface area contributed by atoms with Crippen LogP contribution in [0.3, 0.4) is 0 Å². The first kappa shape index (κ1) is 24.7. The molecule has 1 fully saturated rings. The van der Waals surface area contributed by atoms with E-state index >= 15 is 0 Å². The molecule has 33 heavy (non-hydrogen) atoms. The molecule has 1 atom stereocenters. The van der Waals surface area contributed by atoms with Crippen LogP contribution in [0.15, 0.2) is 36.4 Å². The molecule has 1 aliphatic heterocycles. The molecule has 0 bridgehead atoms. The smallest absolute Gasteiger partial charge is 0.244 e. The van der Waals surface area contributed by atoms with Crippen LogP contribution in [0.2, 0.25) is 5.02 Å². The molecule has 1 unspecified atom stereocenters. The largest absolute Gasteiger partial charge is 0.493 e. The summed E-state index contributed by atoms with van der Waals surface area (Å²) in [5.74, 6) is 2.03. The normalized spacial score (nSPS) is 15.5. The third kappa shape index (κ3) is 7.04. The lowest BCUT2D eigenvalue weighted by Crippen LogP contribution is -2.20. The van der Waals surface area contributed by atoms with Crippen LogP contribution in [-0.2, 0) is 16.1 Å². The van der Waals surface area contributed by atoms with E-state index in [1.54, 1.807) is 25.3 Å². The number of hydrogen-bond acceptors (Lipinski definition) is 6. The summed E-state index contributed by atoms with van der Waals surface area (Å²) in [5.41, 5.74) is 1.62. The Bertz CT molecular complexity index is 972. The molecule has 1 heterocycles. The number of hydrogen-bond donors (Lipinski definition) is 1. The minimum atomic E-state index is -0.238. The second-order valence-corrected chi connectivity index (χ2v) is 7.86. The van der Waals surface area contributed by atoms with E-state index in [0.717, 1.165) is 30.6 Å². The van der Waals surface area contributed by atoms with Crippen LogP contribution in [0, 0.1) is 0 Å². The molecule has 1 N–H and O–H groups in total. The van der Waals surface area contributed by atoms with Crippen molar-refractivity contribution in [3.63, 3.8) is 0 Å². The van der Waals surface area contributed by atoms with E-state index in [2.05, 4.69) is 5.32 Å². The van der Waals surface area contributed by atoms with Crippen LogP contribution < -0.4 is 24.3 Å². The summed E-state index contributed by atoms with van der Waals surface area (Å²) in [4.78, 5) is 12.3. The van der Waals surface area contributed by atoms with Crippen molar-refractivity contribution in [2.24, 2.45) is 0 Å². The molecule has 1 aliphatic rings. The quantitative estimate of drug-likeness (QED) is 0.477. The molecular weight excluding hydrogens is 446 g/mol. The Hall–Kier alpha value is -2.90. The Morgan fingerprint density at radius 1 is 1.15 bits per heavy atom. The molecule has 7 nitrogen and oxygen atoms in total. The van der Waals surface area contributed by atoms with Gasteiger partial charge in [0.1, 0.15) is 6.61 Å². The minimum absolute atomic E-state index is 0.130. The summed E-state index contributed by atoms with van der Waals surface area (Å²) in [6.45, 7) is 3.98. The molecule has 8 heteroatoms. The minimum Gasteiger partial charge on any atom is -0.493 e. The van der Waals surface area contributed by atoms with Crippen molar-refractivity contribution >= 4 is 23.6 Å². The molecule has 1 amide bonds. The molecule has 2 aromatic carbocycles. The van der Waals surface area contributed by atoms with Gasteiger partial charge in [0.15, 0.2) is 23.0 Å². The van der Waals surface area contributed by atoms with Gasteiger partial charge in [0, 0.05) is 19.2 Å². The predicted octanol–water partition coefficient (Wildman–Crippen LogP) is 4.64. The molecule has 178 valence electrons. The first-order valence-electron chi connectivity index (χ1n) is 10.9. The average molecular weight is 476 g/mol. The number of carbonyl (C=O) groups is 1. The van der Waals surface area contributed by atoms with Crippen molar-refractivity contribution in [1.29, 1.82) is 0 Å². The van der Waals surface area contributed by atoms with Gasteiger partial charge in [0.05, 0.1) is 32.0 Å². The number of carbonyl (C=O) groups excluding carboxylic acids is 1. The Labute approximate surface area is 199 Å². The Morgan fingerprint density at radius 3 is 2.70 bits per heavy atom. The van der Waals surface area contributed by atoms with Crippen LogP contribution in [0.5, 0.6) is 23.0 Å². The van der Waals surface area contributed by atoms with E-state index in [1.807, 2.05) is 25.1 Å². The first-order valence-corrected chi connectivity index (χ1v) is 11.3. The van der Waals surface area contributed by atoms with Crippen LogP contribution in [0.4, 0.5) is 0 Å². The van der Waals surface area contributed by atoms with Crippen molar-refractivity contribution in [1.82, 2.24) is 5.32 Å². The highest BCUT2D eigenvalue weighted by molar-refractivity contribution is 6.32. The highest BCUT2D eigenvalue weighted by Crippen LogP contribution is 2.36. The molecule has 3 rings (SSSR count). The van der Waals surface area contributed by atoms with Gasteiger partial charge in [-0.15, -0.1) is 0 Å². The summed E-state index contributed by atoms with van der Waals surface area (Å²) in [5, 5.41) is 3.28. The van der Waals surface area contributed by atoms with Crippen molar-refractivity contribution < 1.29 is 28.5 Å². The van der Waals surface area contributed by atoms with Gasteiger partial charge >= 0.3 is 0 Å². The molecule has 0 aliphatic carbocycles. The summed E-state index contributed by atoms with van der Waals surface area (Å²) < 4.78 is 27.7. The molecule has 2 aromatic rings. The fourth-order valence-electron chi connectivity index (χ4n) is 3.46. The Morgan fingerprint density at radius 2 is 2.00 bits per heavy atom. The van der Waals surface area contributed by atoms with Gasteiger partial charge in [-0.3, -0.25) is 4.79 Å². The van der Waals surface area contributed by atoms with Crippen molar-refractivity contribution in [3.05, 3.63) is 52.6 Å². The second-order valence-electron chi connectivity index (χ2n) is 7.45. The SMILES string of the molecule is CCOc1cc(C=CC(=O)NCc2ccc(OCC3CCCO3)c(OC)c2)cc(Cl)c1OC. The van der Waals surface area contributed by atoms with Gasteiger partial charge in [-0.2, -0.15) is 0 Å². The van der Waals surface area contributed by atoms with E-state index in [9.17, 15) is 4.79 Å². The summed E-state index contributed by atoms with van der Waals surface area (Å²) >= 11 is 6.26. The number of nitrogens with one attached hydrogen (secondary N) is 1. The zero-order valence-electron chi connectivity index (χ0n) is 19.2. The van der Waals surface area contributed by atoms with Gasteiger partial charge < -0.3 is 29.0 Å². The first-order chi connectivity index (χ1) is 16.0. The second kappa shape index (κ2) is 12.4. The van der Waals surface area contributed by atoms with Crippen LogP contribution in [-0.4, -0.2) is 46.1 Å². The van der Waals surface area contributed by atoms with Crippen molar-refractivity contribution in [2.45, 2.75) is 32.4 Å². The Kier molecular flexibility index (Phi) is 9.27. The lowest BCUT2D eigenvalue weighted by molar-refractivity contribution is -0.116. The summed E-state index contributed by atoms with van der Waals surface area (Å²) in [6, 6.07) is 9.09. The van der Waals surface area contributed by atoms with Crippen molar-refractivity contribution in [3.8, 4) is 23.0 Å². The maximum atomic E-state index is 12.3. The van der Waals surface area contributed by atoms with Crippen LogP contribution in [0.25, 0.3) is 6.08 Å². The number of halogens is 1. The van der Waals surface area contributed by atoms with E-state index in [4.69, 9.17) is 35.3 Å². The monoisotopic (exact) mass is 475 g/mol. The fraction of sp³-hybridized carbons (Fsp3) is 0.400. The van der Waals surface area contributed by atoms with Crippen molar-refractivity contribution in [2.75, 3.05) is 34.0 Å². The topological polar surface area (TPSA) is 75.3 Å². The Balaban J connectivity index is 1.57. The number of rotatable bonds is 11. The predicted molar refractivity (Wildman–Crippen MR) is 128 cm³/mol. The van der Waals surface area contributed by atoms with Crippen LogP contribution in [0.1, 0.15) is 30.9 Å². The number of benzene rings is 2. The van der Waals surface area contributed by atoms with E-state index < -0.39 is 0 Å². The van der Waals surface area contributed by atoms with Gasteiger partial charge in [-0.25, -0.2) is 0 Å². The van der Waals surface area contributed by atoms with Gasteiger partial charge in [-0.05, 0) is 61.2 Å². The molecular formula is C25H30ClNO6.